The van der Waals surface area contributed by atoms with Gasteiger partial charge in [-0.05, 0) is 47.2 Å². The molecule has 2 N–H and O–H groups in total. The SMILES string of the molecule is COc1ccc(C)cc1-n1nnnc1SCC(=O)NNC(=O)c1ccccc1F. The van der Waals surface area contributed by atoms with E-state index >= 15 is 0 Å². The molecule has 150 valence electrons. The Morgan fingerprint density at radius 2 is 2.00 bits per heavy atom. The van der Waals surface area contributed by atoms with E-state index in [1.807, 2.05) is 19.1 Å². The van der Waals surface area contributed by atoms with Crippen molar-refractivity contribution in [1.29, 1.82) is 0 Å². The summed E-state index contributed by atoms with van der Waals surface area (Å²) in [6, 6.07) is 11.0. The number of nitrogens with one attached hydrogen (secondary N) is 2. The number of amides is 2. The average Bonchev–Trinajstić information content (AvgIpc) is 3.19. The number of tetrazole rings is 1. The van der Waals surface area contributed by atoms with Gasteiger partial charge in [0.2, 0.25) is 11.1 Å². The fourth-order valence-corrected chi connectivity index (χ4v) is 3.07. The Balaban J connectivity index is 1.61. The fraction of sp³-hybridized carbons (Fsp3) is 0.167. The van der Waals surface area contributed by atoms with Crippen molar-refractivity contribution >= 4 is 23.6 Å². The monoisotopic (exact) mass is 416 g/mol. The van der Waals surface area contributed by atoms with Gasteiger partial charge in [0.25, 0.3) is 5.91 Å². The number of nitrogens with zero attached hydrogens (tertiary/aromatic N) is 4. The first-order valence-electron chi connectivity index (χ1n) is 8.39. The summed E-state index contributed by atoms with van der Waals surface area (Å²) in [6.07, 6.45) is 0. The molecule has 9 nitrogen and oxygen atoms in total. The van der Waals surface area contributed by atoms with Crippen molar-refractivity contribution in [3.63, 3.8) is 0 Å². The van der Waals surface area contributed by atoms with Crippen molar-refractivity contribution in [3.8, 4) is 11.4 Å². The van der Waals surface area contributed by atoms with Gasteiger partial charge in [0, 0.05) is 0 Å². The van der Waals surface area contributed by atoms with Crippen molar-refractivity contribution in [3.05, 3.63) is 59.4 Å². The normalized spacial score (nSPS) is 10.4. The molecule has 0 aliphatic rings. The Bertz CT molecular complexity index is 1040. The zero-order valence-electron chi connectivity index (χ0n) is 15.5. The van der Waals surface area contributed by atoms with Crippen molar-refractivity contribution in [2.75, 3.05) is 12.9 Å². The number of rotatable bonds is 6. The maximum Gasteiger partial charge on any atom is 0.272 e. The van der Waals surface area contributed by atoms with Crippen molar-refractivity contribution in [2.24, 2.45) is 0 Å². The third kappa shape index (κ3) is 4.88. The zero-order valence-corrected chi connectivity index (χ0v) is 16.4. The number of halogens is 1. The quantitative estimate of drug-likeness (QED) is 0.464. The van der Waals surface area contributed by atoms with Gasteiger partial charge in [0.15, 0.2) is 0 Å². The number of carbonyl (C=O) groups is 2. The first kappa shape index (κ1) is 20.3. The van der Waals surface area contributed by atoms with Crippen LogP contribution in [-0.2, 0) is 4.79 Å². The van der Waals surface area contributed by atoms with E-state index in [0.717, 1.165) is 23.4 Å². The number of thioether (sulfide) groups is 1. The van der Waals surface area contributed by atoms with E-state index in [1.54, 1.807) is 6.07 Å². The highest BCUT2D eigenvalue weighted by atomic mass is 32.2. The van der Waals surface area contributed by atoms with E-state index in [4.69, 9.17) is 4.74 Å². The van der Waals surface area contributed by atoms with Gasteiger partial charge in [-0.1, -0.05) is 30.0 Å². The van der Waals surface area contributed by atoms with Crippen molar-refractivity contribution in [2.45, 2.75) is 12.1 Å². The molecular weight excluding hydrogens is 399 g/mol. The summed E-state index contributed by atoms with van der Waals surface area (Å²) in [7, 11) is 1.54. The molecule has 1 aromatic heterocycles. The number of hydrogen-bond acceptors (Lipinski definition) is 7. The predicted molar refractivity (Wildman–Crippen MR) is 103 cm³/mol. The summed E-state index contributed by atoms with van der Waals surface area (Å²) in [5.41, 5.74) is 5.85. The van der Waals surface area contributed by atoms with Gasteiger partial charge in [-0.25, -0.2) is 4.39 Å². The Kier molecular flexibility index (Phi) is 6.39. The summed E-state index contributed by atoms with van der Waals surface area (Å²) in [4.78, 5) is 24.0. The molecule has 0 radical (unpaired) electrons. The molecule has 2 aromatic carbocycles. The van der Waals surface area contributed by atoms with Gasteiger partial charge in [0.1, 0.15) is 17.3 Å². The lowest BCUT2D eigenvalue weighted by Gasteiger charge is -2.10. The van der Waals surface area contributed by atoms with Gasteiger partial charge in [-0.15, -0.1) is 5.10 Å². The van der Waals surface area contributed by atoms with Crippen molar-refractivity contribution in [1.82, 2.24) is 31.1 Å². The highest BCUT2D eigenvalue weighted by molar-refractivity contribution is 7.99. The molecule has 1 heterocycles. The molecule has 3 aromatic rings. The predicted octanol–water partition coefficient (Wildman–Crippen LogP) is 1.67. The Hall–Kier alpha value is -3.47. The molecule has 0 spiro atoms. The molecule has 0 saturated carbocycles. The lowest BCUT2D eigenvalue weighted by molar-refractivity contribution is -0.119. The summed E-state index contributed by atoms with van der Waals surface area (Å²) in [5, 5.41) is 11.9. The number of carbonyl (C=O) groups excluding carboxylic acids is 2. The van der Waals surface area contributed by atoms with Crippen LogP contribution in [0.3, 0.4) is 0 Å². The smallest absolute Gasteiger partial charge is 0.272 e. The number of methoxy groups -OCH3 is 1. The number of aryl methyl sites for hydroxylation is 1. The van der Waals surface area contributed by atoms with Gasteiger partial charge in [0.05, 0.1) is 18.4 Å². The minimum atomic E-state index is -0.754. The molecule has 3 rings (SSSR count). The van der Waals surface area contributed by atoms with Gasteiger partial charge >= 0.3 is 0 Å². The molecule has 11 heteroatoms. The number of hydrazine groups is 1. The second kappa shape index (κ2) is 9.15. The number of aromatic nitrogens is 4. The second-order valence-corrected chi connectivity index (χ2v) is 6.76. The van der Waals surface area contributed by atoms with Gasteiger partial charge < -0.3 is 4.74 Å². The largest absolute Gasteiger partial charge is 0.494 e. The van der Waals surface area contributed by atoms with Crippen LogP contribution in [0.25, 0.3) is 5.69 Å². The average molecular weight is 416 g/mol. The van der Waals surface area contributed by atoms with Crippen LogP contribution >= 0.6 is 11.8 Å². The number of hydrogen-bond donors (Lipinski definition) is 2. The minimum absolute atomic E-state index is 0.0773. The van der Waals surface area contributed by atoms with E-state index in [2.05, 4.69) is 26.4 Å². The number of ether oxygens (including phenoxy) is 1. The van der Waals surface area contributed by atoms with E-state index in [0.29, 0.717) is 16.6 Å². The molecule has 0 aliphatic carbocycles. The molecule has 0 aliphatic heterocycles. The van der Waals surface area contributed by atoms with Crippen LogP contribution in [0.1, 0.15) is 15.9 Å². The Morgan fingerprint density at radius 3 is 2.76 bits per heavy atom. The summed E-state index contributed by atoms with van der Waals surface area (Å²) < 4.78 is 20.4. The molecule has 0 atom stereocenters. The van der Waals surface area contributed by atoms with E-state index in [9.17, 15) is 14.0 Å². The molecule has 0 saturated heterocycles. The van der Waals surface area contributed by atoms with Crippen LogP contribution < -0.4 is 15.6 Å². The third-order valence-electron chi connectivity index (χ3n) is 3.77. The van der Waals surface area contributed by atoms with E-state index in [-0.39, 0.29) is 11.3 Å². The van der Waals surface area contributed by atoms with Gasteiger partial charge in [-0.2, -0.15) is 4.68 Å². The highest BCUT2D eigenvalue weighted by Crippen LogP contribution is 2.26. The highest BCUT2D eigenvalue weighted by Gasteiger charge is 2.16. The van der Waals surface area contributed by atoms with Crippen LogP contribution in [0.5, 0.6) is 5.75 Å². The van der Waals surface area contributed by atoms with Crippen molar-refractivity contribution < 1.29 is 18.7 Å². The summed E-state index contributed by atoms with van der Waals surface area (Å²) in [5.74, 6) is -1.45. The minimum Gasteiger partial charge on any atom is -0.494 e. The van der Waals surface area contributed by atoms with E-state index < -0.39 is 17.6 Å². The summed E-state index contributed by atoms with van der Waals surface area (Å²) in [6.45, 7) is 1.92. The molecule has 0 fully saturated rings. The fourth-order valence-electron chi connectivity index (χ4n) is 2.39. The van der Waals surface area contributed by atoms with Crippen LogP contribution in [0.4, 0.5) is 4.39 Å². The first-order valence-corrected chi connectivity index (χ1v) is 9.38. The number of benzene rings is 2. The molecule has 29 heavy (non-hydrogen) atoms. The topological polar surface area (TPSA) is 111 Å². The standard InChI is InChI=1S/C18H17FN6O3S/c1-11-7-8-15(28-2)14(9-11)25-18(22-23-24-25)29-10-16(26)20-21-17(27)12-5-3-4-6-13(12)19/h3-9H,10H2,1-2H3,(H,20,26)(H,21,27). The lowest BCUT2D eigenvalue weighted by atomic mass is 10.2. The maximum atomic E-state index is 13.6. The molecule has 0 bridgehead atoms. The lowest BCUT2D eigenvalue weighted by Crippen LogP contribution is -2.42. The summed E-state index contributed by atoms with van der Waals surface area (Å²) >= 11 is 1.07. The molecule has 0 unspecified atom stereocenters. The molecular formula is C18H17FN6O3S. The van der Waals surface area contributed by atoms with Crippen LogP contribution in [-0.4, -0.2) is 44.9 Å². The maximum absolute atomic E-state index is 13.6. The zero-order chi connectivity index (χ0) is 20.8. The van der Waals surface area contributed by atoms with Crippen LogP contribution in [0.2, 0.25) is 0 Å². The van der Waals surface area contributed by atoms with Crippen LogP contribution in [0, 0.1) is 12.7 Å². The Morgan fingerprint density at radius 1 is 1.21 bits per heavy atom. The van der Waals surface area contributed by atoms with Gasteiger partial charge in [-0.3, -0.25) is 20.4 Å². The Labute approximate surface area is 169 Å². The van der Waals surface area contributed by atoms with E-state index in [1.165, 1.54) is 30.0 Å². The van der Waals surface area contributed by atoms with Crippen LogP contribution in [0.15, 0.2) is 47.6 Å². The second-order valence-electron chi connectivity index (χ2n) is 5.82. The molecule has 2 amide bonds. The third-order valence-corrected chi connectivity index (χ3v) is 4.69. The first-order chi connectivity index (χ1) is 14.0.